The van der Waals surface area contributed by atoms with Crippen LogP contribution in [0.4, 0.5) is 0 Å². The van der Waals surface area contributed by atoms with Crippen LogP contribution < -0.4 is 0 Å². The Labute approximate surface area is 148 Å². The molecule has 3 rings (SSSR count). The molecule has 0 aliphatic carbocycles. The van der Waals surface area contributed by atoms with Crippen LogP contribution in [-0.2, 0) is 29.5 Å². The highest BCUT2D eigenvalue weighted by molar-refractivity contribution is 5.81. The van der Waals surface area contributed by atoms with E-state index in [1.165, 1.54) is 0 Å². The van der Waals surface area contributed by atoms with Gasteiger partial charge in [-0.15, -0.1) is 0 Å². The van der Waals surface area contributed by atoms with E-state index in [0.717, 1.165) is 16.7 Å². The number of hydrogen-bond acceptors (Lipinski definition) is 2. The first-order chi connectivity index (χ1) is 12.0. The summed E-state index contributed by atoms with van der Waals surface area (Å²) >= 11 is 0. The first-order valence-corrected chi connectivity index (χ1v) is 8.74. The summed E-state index contributed by atoms with van der Waals surface area (Å²) in [4.78, 5) is 28.7. The predicted octanol–water partition coefficient (Wildman–Crippen LogP) is 1.79. The molecule has 25 heavy (non-hydrogen) atoms. The van der Waals surface area contributed by atoms with Crippen molar-refractivity contribution in [3.8, 4) is 0 Å². The molecule has 5 heteroatoms. The molecule has 1 saturated heterocycles. The lowest BCUT2D eigenvalue weighted by atomic mass is 10.1. The number of benzene rings is 1. The molecule has 1 fully saturated rings. The average Bonchev–Trinajstić information content (AvgIpc) is 3.02. The molecule has 0 spiro atoms. The monoisotopic (exact) mass is 339 g/mol. The van der Waals surface area contributed by atoms with Gasteiger partial charge in [0.2, 0.25) is 11.8 Å². The zero-order valence-electron chi connectivity index (χ0n) is 14.9. The predicted molar refractivity (Wildman–Crippen MR) is 97.2 cm³/mol. The smallest absolute Gasteiger partial charge is 0.227 e. The maximum Gasteiger partial charge on any atom is 0.227 e. The van der Waals surface area contributed by atoms with Gasteiger partial charge >= 0.3 is 0 Å². The lowest BCUT2D eigenvalue weighted by Gasteiger charge is -2.35. The zero-order chi connectivity index (χ0) is 17.8. The van der Waals surface area contributed by atoms with Crippen molar-refractivity contribution in [3.63, 3.8) is 0 Å². The van der Waals surface area contributed by atoms with Crippen molar-refractivity contribution in [2.24, 2.45) is 7.05 Å². The highest BCUT2D eigenvalue weighted by atomic mass is 16.2. The third kappa shape index (κ3) is 4.29. The molecule has 5 nitrogen and oxygen atoms in total. The summed E-state index contributed by atoms with van der Waals surface area (Å²) in [5.41, 5.74) is 3.26. The third-order valence-electron chi connectivity index (χ3n) is 4.84. The normalized spacial score (nSPS) is 14.6. The Hall–Kier alpha value is -2.56. The molecule has 0 radical (unpaired) electrons. The number of aryl methyl sites for hydroxylation is 2. The molecule has 1 aliphatic heterocycles. The molecule has 2 heterocycles. The van der Waals surface area contributed by atoms with E-state index >= 15 is 0 Å². The Morgan fingerprint density at radius 2 is 1.52 bits per heavy atom. The molecular weight excluding hydrogens is 314 g/mol. The lowest BCUT2D eigenvalue weighted by Crippen LogP contribution is -2.51. The fraction of sp³-hybridized carbons (Fsp3) is 0.400. The molecule has 2 aromatic rings. The summed E-state index contributed by atoms with van der Waals surface area (Å²) in [5, 5.41) is 0. The summed E-state index contributed by atoms with van der Waals surface area (Å²) < 4.78 is 1.95. The number of rotatable bonds is 4. The van der Waals surface area contributed by atoms with E-state index in [2.05, 4.69) is 0 Å². The number of hydrogen-bond donors (Lipinski definition) is 0. The molecule has 0 atom stereocenters. The van der Waals surface area contributed by atoms with Crippen molar-refractivity contribution < 1.29 is 9.59 Å². The van der Waals surface area contributed by atoms with Gasteiger partial charge in [-0.2, -0.15) is 0 Å². The van der Waals surface area contributed by atoms with Gasteiger partial charge in [0.1, 0.15) is 0 Å². The van der Waals surface area contributed by atoms with Crippen molar-refractivity contribution in [1.29, 1.82) is 0 Å². The molecule has 0 saturated carbocycles. The van der Waals surface area contributed by atoms with Crippen LogP contribution in [0.25, 0.3) is 0 Å². The second kappa shape index (κ2) is 7.55. The molecule has 0 unspecified atom stereocenters. The molecule has 1 aromatic heterocycles. The number of aromatic nitrogens is 1. The Kier molecular flexibility index (Phi) is 5.22. The van der Waals surface area contributed by atoms with Gasteiger partial charge in [0, 0.05) is 45.6 Å². The number of carbonyl (C=O) groups is 2. The minimum Gasteiger partial charge on any atom is -0.357 e. The standard InChI is InChI=1S/C20H25N3O2/c1-16-5-3-4-6-18(16)14-20(25)23-11-9-22(10-12-23)19(24)13-17-7-8-21(2)15-17/h3-8,15H,9-14H2,1-2H3. The van der Waals surface area contributed by atoms with E-state index in [1.807, 2.05) is 71.1 Å². The molecule has 0 N–H and O–H groups in total. The SMILES string of the molecule is Cc1ccccc1CC(=O)N1CCN(C(=O)Cc2ccn(C)c2)CC1. The first-order valence-electron chi connectivity index (χ1n) is 8.74. The van der Waals surface area contributed by atoms with Crippen LogP contribution in [0.15, 0.2) is 42.7 Å². The van der Waals surface area contributed by atoms with E-state index in [4.69, 9.17) is 0 Å². The van der Waals surface area contributed by atoms with Crippen molar-refractivity contribution >= 4 is 11.8 Å². The minimum absolute atomic E-state index is 0.136. The number of nitrogens with zero attached hydrogens (tertiary/aromatic N) is 3. The Balaban J connectivity index is 1.50. The van der Waals surface area contributed by atoms with Crippen LogP contribution in [0.3, 0.4) is 0 Å². The van der Waals surface area contributed by atoms with Gasteiger partial charge in [-0.1, -0.05) is 24.3 Å². The number of piperazine rings is 1. The molecule has 0 bridgehead atoms. The van der Waals surface area contributed by atoms with Gasteiger partial charge in [0.05, 0.1) is 12.8 Å². The largest absolute Gasteiger partial charge is 0.357 e. The van der Waals surface area contributed by atoms with Crippen molar-refractivity contribution in [2.75, 3.05) is 26.2 Å². The van der Waals surface area contributed by atoms with Crippen LogP contribution in [0.2, 0.25) is 0 Å². The summed E-state index contributed by atoms with van der Waals surface area (Å²) in [6.07, 6.45) is 4.79. The maximum absolute atomic E-state index is 12.5. The van der Waals surface area contributed by atoms with Gasteiger partial charge in [0.25, 0.3) is 0 Å². The van der Waals surface area contributed by atoms with Crippen molar-refractivity contribution in [2.45, 2.75) is 19.8 Å². The summed E-state index contributed by atoms with van der Waals surface area (Å²) in [5.74, 6) is 0.279. The van der Waals surface area contributed by atoms with Crippen LogP contribution in [-0.4, -0.2) is 52.4 Å². The van der Waals surface area contributed by atoms with E-state index < -0.39 is 0 Å². The van der Waals surface area contributed by atoms with Gasteiger partial charge in [-0.05, 0) is 29.7 Å². The topological polar surface area (TPSA) is 45.6 Å². The van der Waals surface area contributed by atoms with Gasteiger partial charge in [0.15, 0.2) is 0 Å². The highest BCUT2D eigenvalue weighted by Gasteiger charge is 2.24. The number of amides is 2. The van der Waals surface area contributed by atoms with Gasteiger partial charge in [-0.3, -0.25) is 9.59 Å². The summed E-state index contributed by atoms with van der Waals surface area (Å²) in [6, 6.07) is 9.96. The van der Waals surface area contributed by atoms with Gasteiger partial charge in [-0.25, -0.2) is 0 Å². The van der Waals surface area contributed by atoms with E-state index in [0.29, 0.717) is 39.0 Å². The van der Waals surface area contributed by atoms with E-state index in [-0.39, 0.29) is 11.8 Å². The second-order valence-electron chi connectivity index (χ2n) is 6.73. The molecule has 1 aromatic carbocycles. The first kappa shape index (κ1) is 17.3. The van der Waals surface area contributed by atoms with Crippen LogP contribution >= 0.6 is 0 Å². The van der Waals surface area contributed by atoms with Crippen molar-refractivity contribution in [1.82, 2.24) is 14.4 Å². The quantitative estimate of drug-likeness (QED) is 0.852. The number of carbonyl (C=O) groups excluding carboxylic acids is 2. The van der Waals surface area contributed by atoms with Crippen LogP contribution in [0, 0.1) is 6.92 Å². The molecule has 2 amide bonds. The third-order valence-corrected chi connectivity index (χ3v) is 4.84. The minimum atomic E-state index is 0.136. The lowest BCUT2D eigenvalue weighted by molar-refractivity contribution is -0.138. The Morgan fingerprint density at radius 3 is 2.08 bits per heavy atom. The molecular formula is C20H25N3O2. The maximum atomic E-state index is 12.5. The van der Waals surface area contributed by atoms with Crippen LogP contribution in [0.5, 0.6) is 0 Å². The zero-order valence-corrected chi connectivity index (χ0v) is 14.9. The van der Waals surface area contributed by atoms with Gasteiger partial charge < -0.3 is 14.4 Å². The molecule has 132 valence electrons. The molecule has 1 aliphatic rings. The van der Waals surface area contributed by atoms with Crippen LogP contribution in [0.1, 0.15) is 16.7 Å². The highest BCUT2D eigenvalue weighted by Crippen LogP contribution is 2.12. The fourth-order valence-corrected chi connectivity index (χ4v) is 3.24. The Morgan fingerprint density at radius 1 is 0.920 bits per heavy atom. The average molecular weight is 339 g/mol. The summed E-state index contributed by atoms with van der Waals surface area (Å²) in [7, 11) is 1.95. The van der Waals surface area contributed by atoms with Crippen molar-refractivity contribution in [3.05, 3.63) is 59.4 Å². The second-order valence-corrected chi connectivity index (χ2v) is 6.73. The van der Waals surface area contributed by atoms with E-state index in [9.17, 15) is 9.59 Å². The fourth-order valence-electron chi connectivity index (χ4n) is 3.24. The summed E-state index contributed by atoms with van der Waals surface area (Å²) in [6.45, 7) is 4.50. The van der Waals surface area contributed by atoms with E-state index in [1.54, 1.807) is 0 Å². The Bertz CT molecular complexity index is 758.